The Morgan fingerprint density at radius 1 is 1.10 bits per heavy atom. The molecule has 0 aliphatic heterocycles. The third-order valence-electron chi connectivity index (χ3n) is 4.13. The Bertz CT molecular complexity index is 707. The van der Waals surface area contributed by atoms with Crippen molar-refractivity contribution in [2.75, 3.05) is 6.61 Å². The van der Waals surface area contributed by atoms with Gasteiger partial charge in [0, 0.05) is 18.3 Å². The Morgan fingerprint density at radius 2 is 1.76 bits per heavy atom. The number of aromatic amines is 1. The Balaban J connectivity index is 2.71. The average Bonchev–Trinajstić information content (AvgIpc) is 3.16. The first-order valence-corrected chi connectivity index (χ1v) is 9.04. The van der Waals surface area contributed by atoms with E-state index in [-0.39, 0.29) is 12.3 Å². The van der Waals surface area contributed by atoms with Crippen LogP contribution in [0.15, 0.2) is 12.5 Å². The second kappa shape index (κ2) is 11.1. The van der Waals surface area contributed by atoms with Gasteiger partial charge in [-0.05, 0) is 12.8 Å². The summed E-state index contributed by atoms with van der Waals surface area (Å²) in [6.07, 6.45) is 2.83. The number of imidazole rings is 1. The summed E-state index contributed by atoms with van der Waals surface area (Å²) in [4.78, 5) is 54.6. The summed E-state index contributed by atoms with van der Waals surface area (Å²) in [6.45, 7) is 4.18. The van der Waals surface area contributed by atoms with Crippen LogP contribution < -0.4 is 21.7 Å². The van der Waals surface area contributed by atoms with Gasteiger partial charge in [-0.2, -0.15) is 0 Å². The molecule has 4 unspecified atom stereocenters. The molecule has 1 aromatic heterocycles. The number of aliphatic carboxylic acids is 1. The van der Waals surface area contributed by atoms with Crippen LogP contribution >= 0.6 is 0 Å². The molecule has 1 heterocycles. The lowest BCUT2D eigenvalue weighted by Gasteiger charge is -2.25. The van der Waals surface area contributed by atoms with Gasteiger partial charge < -0.3 is 36.9 Å². The van der Waals surface area contributed by atoms with Gasteiger partial charge in [0.05, 0.1) is 12.9 Å². The van der Waals surface area contributed by atoms with Gasteiger partial charge in [-0.1, -0.05) is 13.8 Å². The molecular formula is C17H28N6O6. The van der Waals surface area contributed by atoms with E-state index >= 15 is 0 Å². The number of nitrogens with two attached hydrogens (primary N) is 1. The van der Waals surface area contributed by atoms with Gasteiger partial charge in [-0.25, -0.2) is 9.78 Å². The highest BCUT2D eigenvalue weighted by Crippen LogP contribution is 2.04. The molecule has 0 spiro atoms. The molecule has 0 bridgehead atoms. The van der Waals surface area contributed by atoms with Crippen LogP contribution in [0.2, 0.25) is 0 Å². The maximum Gasteiger partial charge on any atom is 0.326 e. The van der Waals surface area contributed by atoms with Crippen molar-refractivity contribution < 1.29 is 29.4 Å². The van der Waals surface area contributed by atoms with Crippen LogP contribution in [-0.4, -0.2) is 74.6 Å². The van der Waals surface area contributed by atoms with Crippen LogP contribution in [0.1, 0.15) is 26.5 Å². The lowest BCUT2D eigenvalue weighted by molar-refractivity contribution is -0.142. The number of amides is 3. The highest BCUT2D eigenvalue weighted by molar-refractivity contribution is 5.94. The van der Waals surface area contributed by atoms with Crippen molar-refractivity contribution in [3.8, 4) is 0 Å². The zero-order chi connectivity index (χ0) is 22.1. The van der Waals surface area contributed by atoms with E-state index in [2.05, 4.69) is 25.9 Å². The Labute approximate surface area is 167 Å². The molecule has 0 aliphatic rings. The second-order valence-electron chi connectivity index (χ2n) is 6.93. The maximum absolute atomic E-state index is 12.5. The normalized spacial score (nSPS) is 15.1. The zero-order valence-corrected chi connectivity index (χ0v) is 16.5. The fourth-order valence-corrected chi connectivity index (χ4v) is 2.36. The average molecular weight is 412 g/mol. The van der Waals surface area contributed by atoms with E-state index in [4.69, 9.17) is 10.8 Å². The summed E-state index contributed by atoms with van der Waals surface area (Å²) >= 11 is 0. The monoisotopic (exact) mass is 412 g/mol. The standard InChI is InChI=1S/C17H28N6O6/c1-8(2)13(23-15(26)11(18)6-24)16(27)21-9(3)14(25)22-12(17(28)29)4-10-5-19-7-20-10/h5,7-9,11-13,24H,4,6,18H2,1-3H3,(H,19,20)(H,21,27)(H,22,25)(H,23,26)(H,28,29). The number of carboxylic acids is 1. The van der Waals surface area contributed by atoms with Gasteiger partial charge in [0.15, 0.2) is 0 Å². The summed E-state index contributed by atoms with van der Waals surface area (Å²) in [5.41, 5.74) is 5.96. The number of nitrogens with one attached hydrogen (secondary N) is 4. The van der Waals surface area contributed by atoms with Crippen LogP contribution in [-0.2, 0) is 25.6 Å². The van der Waals surface area contributed by atoms with Gasteiger partial charge in [0.1, 0.15) is 24.2 Å². The van der Waals surface area contributed by atoms with Crippen molar-refractivity contribution in [2.45, 2.75) is 51.4 Å². The van der Waals surface area contributed by atoms with Crippen LogP contribution in [0, 0.1) is 5.92 Å². The first-order valence-electron chi connectivity index (χ1n) is 9.04. The number of hydrogen-bond acceptors (Lipinski definition) is 7. The molecule has 162 valence electrons. The van der Waals surface area contributed by atoms with Crippen LogP contribution in [0.3, 0.4) is 0 Å². The van der Waals surface area contributed by atoms with E-state index in [0.717, 1.165) is 0 Å². The number of carbonyl (C=O) groups excluding carboxylic acids is 3. The minimum absolute atomic E-state index is 0.00847. The molecule has 12 nitrogen and oxygen atoms in total. The molecule has 0 radical (unpaired) electrons. The molecule has 0 saturated carbocycles. The number of aliphatic hydroxyl groups excluding tert-OH is 1. The van der Waals surface area contributed by atoms with E-state index < -0.39 is 54.5 Å². The van der Waals surface area contributed by atoms with Crippen LogP contribution in [0.25, 0.3) is 0 Å². The predicted molar refractivity (Wildman–Crippen MR) is 101 cm³/mol. The Morgan fingerprint density at radius 3 is 2.24 bits per heavy atom. The molecule has 3 amide bonds. The van der Waals surface area contributed by atoms with E-state index in [1.165, 1.54) is 19.4 Å². The molecule has 4 atom stereocenters. The van der Waals surface area contributed by atoms with Crippen molar-refractivity contribution in [2.24, 2.45) is 11.7 Å². The van der Waals surface area contributed by atoms with Crippen molar-refractivity contribution in [1.82, 2.24) is 25.9 Å². The van der Waals surface area contributed by atoms with Crippen LogP contribution in [0.4, 0.5) is 0 Å². The number of hydrogen-bond donors (Lipinski definition) is 7. The number of H-pyrrole nitrogens is 1. The molecule has 12 heteroatoms. The van der Waals surface area contributed by atoms with Crippen molar-refractivity contribution in [1.29, 1.82) is 0 Å². The van der Waals surface area contributed by atoms with Crippen molar-refractivity contribution in [3.63, 3.8) is 0 Å². The van der Waals surface area contributed by atoms with E-state index in [1.54, 1.807) is 13.8 Å². The molecule has 29 heavy (non-hydrogen) atoms. The third-order valence-corrected chi connectivity index (χ3v) is 4.13. The number of nitrogens with zero attached hydrogens (tertiary/aromatic N) is 1. The fraction of sp³-hybridized carbons (Fsp3) is 0.588. The molecule has 1 rings (SSSR count). The van der Waals surface area contributed by atoms with Crippen LogP contribution in [0.5, 0.6) is 0 Å². The number of rotatable bonds is 11. The second-order valence-corrected chi connectivity index (χ2v) is 6.93. The van der Waals surface area contributed by atoms with Gasteiger partial charge in [0.2, 0.25) is 17.7 Å². The molecule has 0 aromatic carbocycles. The SMILES string of the molecule is CC(NC(=O)C(NC(=O)C(N)CO)C(C)C)C(=O)NC(Cc1cnc[nH]1)C(=O)O. The molecule has 1 aromatic rings. The summed E-state index contributed by atoms with van der Waals surface area (Å²) < 4.78 is 0. The molecular weight excluding hydrogens is 384 g/mol. The quantitative estimate of drug-likeness (QED) is 0.206. The number of carboxylic acid groups (broad SMARTS) is 1. The van der Waals surface area contributed by atoms with E-state index in [1.807, 2.05) is 0 Å². The topological polar surface area (TPSA) is 200 Å². The lowest BCUT2D eigenvalue weighted by atomic mass is 10.0. The first-order chi connectivity index (χ1) is 13.6. The predicted octanol–water partition coefficient (Wildman–Crippen LogP) is -2.51. The van der Waals surface area contributed by atoms with Crippen molar-refractivity contribution >= 4 is 23.7 Å². The lowest BCUT2D eigenvalue weighted by Crippen LogP contribution is -2.58. The summed E-state index contributed by atoms with van der Waals surface area (Å²) in [5, 5.41) is 25.5. The highest BCUT2D eigenvalue weighted by Gasteiger charge is 2.30. The third kappa shape index (κ3) is 7.50. The maximum atomic E-state index is 12.5. The number of aromatic nitrogens is 2. The van der Waals surface area contributed by atoms with Gasteiger partial charge >= 0.3 is 5.97 Å². The fourth-order valence-electron chi connectivity index (χ4n) is 2.36. The molecule has 0 saturated heterocycles. The minimum Gasteiger partial charge on any atom is -0.480 e. The smallest absolute Gasteiger partial charge is 0.326 e. The molecule has 0 aliphatic carbocycles. The summed E-state index contributed by atoms with van der Waals surface area (Å²) in [5.74, 6) is -3.61. The highest BCUT2D eigenvalue weighted by atomic mass is 16.4. The van der Waals surface area contributed by atoms with Crippen molar-refractivity contribution in [3.05, 3.63) is 18.2 Å². The number of aliphatic hydroxyl groups is 1. The number of carbonyl (C=O) groups is 4. The Kier molecular flexibility index (Phi) is 9.22. The Hall–Kier alpha value is -2.99. The van der Waals surface area contributed by atoms with Gasteiger partial charge in [-0.3, -0.25) is 14.4 Å². The molecule has 8 N–H and O–H groups in total. The minimum atomic E-state index is -1.24. The summed E-state index contributed by atoms with van der Waals surface area (Å²) in [6, 6.07) is -4.44. The zero-order valence-electron chi connectivity index (χ0n) is 16.5. The first kappa shape index (κ1) is 24.0. The largest absolute Gasteiger partial charge is 0.480 e. The van der Waals surface area contributed by atoms with Gasteiger partial charge in [0.25, 0.3) is 0 Å². The summed E-state index contributed by atoms with van der Waals surface area (Å²) in [7, 11) is 0. The van der Waals surface area contributed by atoms with E-state index in [9.17, 15) is 24.3 Å². The molecule has 0 fully saturated rings. The van der Waals surface area contributed by atoms with E-state index in [0.29, 0.717) is 5.69 Å². The van der Waals surface area contributed by atoms with Gasteiger partial charge in [-0.15, -0.1) is 0 Å².